The molecule has 4 bridgehead atoms. The Hall–Kier alpha value is -0.570. The molecule has 2 N–H and O–H groups in total. The van der Waals surface area contributed by atoms with Crippen LogP contribution in [-0.2, 0) is 4.79 Å². The zero-order valence-electron chi connectivity index (χ0n) is 13.5. The van der Waals surface area contributed by atoms with Crippen molar-refractivity contribution in [3.05, 3.63) is 0 Å². The first-order valence-electron chi connectivity index (χ1n) is 9.31. The van der Waals surface area contributed by atoms with Crippen LogP contribution in [0.3, 0.4) is 0 Å². The minimum absolute atomic E-state index is 0.0414. The second kappa shape index (κ2) is 5.26. The smallest absolute Gasteiger partial charge is 0.226 e. The van der Waals surface area contributed by atoms with Gasteiger partial charge in [-0.2, -0.15) is 0 Å². The molecule has 1 aliphatic heterocycles. The number of amides is 1. The van der Waals surface area contributed by atoms with Crippen LogP contribution in [0, 0.1) is 23.2 Å². The second-order valence-electron chi connectivity index (χ2n) is 8.51. The van der Waals surface area contributed by atoms with Gasteiger partial charge in [0.1, 0.15) is 6.04 Å². The molecular formula is C18H31N2O+. The van der Waals surface area contributed by atoms with E-state index >= 15 is 0 Å². The molecule has 4 saturated carbocycles. The van der Waals surface area contributed by atoms with Gasteiger partial charge in [0, 0.05) is 18.3 Å². The SMILES string of the molecule is CC[NH+]1CCC[C@@H]1CNC(=O)C12CC3CC(CC(C3)C1)C2. The Kier molecular flexibility index (Phi) is 3.52. The van der Waals surface area contributed by atoms with E-state index in [0.29, 0.717) is 11.9 Å². The number of rotatable bonds is 4. The van der Waals surface area contributed by atoms with Crippen LogP contribution in [0.15, 0.2) is 0 Å². The molecule has 1 saturated heterocycles. The molecule has 1 unspecified atom stereocenters. The zero-order chi connectivity index (χ0) is 14.4. The Balaban J connectivity index is 1.39. The molecule has 0 aromatic heterocycles. The Morgan fingerprint density at radius 2 is 1.76 bits per heavy atom. The van der Waals surface area contributed by atoms with E-state index in [-0.39, 0.29) is 5.41 Å². The number of hydrogen-bond acceptors (Lipinski definition) is 1. The first kappa shape index (κ1) is 14.0. The van der Waals surface area contributed by atoms with E-state index in [1.165, 1.54) is 64.5 Å². The molecule has 0 aromatic carbocycles. The maximum Gasteiger partial charge on any atom is 0.226 e. The van der Waals surface area contributed by atoms with Crippen LogP contribution in [0.2, 0.25) is 0 Å². The maximum absolute atomic E-state index is 12.9. The highest BCUT2D eigenvalue weighted by Crippen LogP contribution is 2.60. The van der Waals surface area contributed by atoms with Gasteiger partial charge in [0.2, 0.25) is 5.91 Å². The molecule has 0 radical (unpaired) electrons. The molecule has 21 heavy (non-hydrogen) atoms. The fourth-order valence-electron chi connectivity index (χ4n) is 6.49. The third kappa shape index (κ3) is 2.42. The van der Waals surface area contributed by atoms with Gasteiger partial charge in [-0.1, -0.05) is 0 Å². The van der Waals surface area contributed by atoms with Crippen LogP contribution in [0.5, 0.6) is 0 Å². The highest BCUT2D eigenvalue weighted by molar-refractivity contribution is 5.83. The average molecular weight is 291 g/mol. The summed E-state index contributed by atoms with van der Waals surface area (Å²) in [5.41, 5.74) is 0.0414. The van der Waals surface area contributed by atoms with Gasteiger partial charge in [0.25, 0.3) is 0 Å². The monoisotopic (exact) mass is 291 g/mol. The lowest BCUT2D eigenvalue weighted by Gasteiger charge is -2.55. The lowest BCUT2D eigenvalue weighted by atomic mass is 9.49. The van der Waals surface area contributed by atoms with Gasteiger partial charge in [0.15, 0.2) is 0 Å². The summed E-state index contributed by atoms with van der Waals surface area (Å²) < 4.78 is 0. The van der Waals surface area contributed by atoms with Crippen LogP contribution in [0.25, 0.3) is 0 Å². The number of likely N-dealkylation sites (tertiary alicyclic amines) is 1. The highest BCUT2D eigenvalue weighted by atomic mass is 16.2. The molecule has 118 valence electrons. The summed E-state index contributed by atoms with van der Waals surface area (Å²) in [6.45, 7) is 5.70. The predicted octanol–water partition coefficient (Wildman–Crippen LogP) is 1.39. The number of hydrogen-bond donors (Lipinski definition) is 2. The zero-order valence-corrected chi connectivity index (χ0v) is 13.5. The third-order valence-corrected chi connectivity index (χ3v) is 7.11. The average Bonchev–Trinajstić information content (AvgIpc) is 2.90. The lowest BCUT2D eigenvalue weighted by molar-refractivity contribution is -0.909. The Morgan fingerprint density at radius 1 is 1.14 bits per heavy atom. The maximum atomic E-state index is 12.9. The molecule has 1 heterocycles. The molecule has 5 rings (SSSR count). The number of nitrogens with one attached hydrogen (secondary N) is 2. The first-order valence-corrected chi connectivity index (χ1v) is 9.31. The Bertz CT molecular complexity index is 384. The van der Waals surface area contributed by atoms with Crippen molar-refractivity contribution >= 4 is 5.91 Å². The summed E-state index contributed by atoms with van der Waals surface area (Å²) in [5.74, 6) is 3.02. The van der Waals surface area contributed by atoms with Gasteiger partial charge in [0.05, 0.1) is 19.6 Å². The van der Waals surface area contributed by atoms with E-state index in [9.17, 15) is 4.79 Å². The molecule has 3 heteroatoms. The standard InChI is InChI=1S/C18H30N2O/c1-2-20-5-3-4-16(20)12-19-17(21)18-9-13-6-14(10-18)8-15(7-13)11-18/h13-16H,2-12H2,1H3,(H,19,21)/p+1/t13?,14?,15?,16-,18?/m1/s1. The molecular weight excluding hydrogens is 260 g/mol. The molecule has 3 nitrogen and oxygen atoms in total. The predicted molar refractivity (Wildman–Crippen MR) is 83.0 cm³/mol. The second-order valence-corrected chi connectivity index (χ2v) is 8.51. The van der Waals surface area contributed by atoms with Gasteiger partial charge in [-0.25, -0.2) is 0 Å². The van der Waals surface area contributed by atoms with Gasteiger partial charge >= 0.3 is 0 Å². The van der Waals surface area contributed by atoms with Crippen molar-refractivity contribution in [3.8, 4) is 0 Å². The van der Waals surface area contributed by atoms with E-state index in [1.807, 2.05) is 0 Å². The summed E-state index contributed by atoms with van der Waals surface area (Å²) in [4.78, 5) is 14.6. The third-order valence-electron chi connectivity index (χ3n) is 7.11. The van der Waals surface area contributed by atoms with Crippen molar-refractivity contribution in [2.45, 2.75) is 64.3 Å². The van der Waals surface area contributed by atoms with E-state index in [4.69, 9.17) is 0 Å². The van der Waals surface area contributed by atoms with Crippen LogP contribution in [-0.4, -0.2) is 31.6 Å². The van der Waals surface area contributed by atoms with E-state index in [2.05, 4.69) is 12.2 Å². The quantitative estimate of drug-likeness (QED) is 0.806. The fourth-order valence-corrected chi connectivity index (χ4v) is 6.49. The molecule has 5 fully saturated rings. The van der Waals surface area contributed by atoms with Crippen LogP contribution >= 0.6 is 0 Å². The Labute approximate surface area is 128 Å². The number of likely N-dealkylation sites (N-methyl/N-ethyl adjacent to an activating group) is 1. The molecule has 4 aliphatic carbocycles. The van der Waals surface area contributed by atoms with Crippen molar-refractivity contribution in [2.75, 3.05) is 19.6 Å². The minimum atomic E-state index is 0.0414. The summed E-state index contributed by atoms with van der Waals surface area (Å²) >= 11 is 0. The number of carbonyl (C=O) groups is 1. The van der Waals surface area contributed by atoms with E-state index < -0.39 is 0 Å². The number of carbonyl (C=O) groups excluding carboxylic acids is 1. The topological polar surface area (TPSA) is 33.5 Å². The van der Waals surface area contributed by atoms with Gasteiger partial charge in [-0.15, -0.1) is 0 Å². The molecule has 2 atom stereocenters. The van der Waals surface area contributed by atoms with Crippen LogP contribution in [0.4, 0.5) is 0 Å². The van der Waals surface area contributed by atoms with Crippen LogP contribution in [0.1, 0.15) is 58.3 Å². The van der Waals surface area contributed by atoms with Gasteiger partial charge in [-0.05, 0) is 63.2 Å². The molecule has 5 aliphatic rings. The summed E-state index contributed by atoms with van der Waals surface area (Å²) in [6.07, 6.45) is 10.5. The summed E-state index contributed by atoms with van der Waals surface area (Å²) in [5, 5.41) is 3.39. The van der Waals surface area contributed by atoms with Crippen LogP contribution < -0.4 is 10.2 Å². The first-order chi connectivity index (χ1) is 10.2. The highest BCUT2D eigenvalue weighted by Gasteiger charge is 2.54. The fraction of sp³-hybridized carbons (Fsp3) is 0.944. The normalized spacial score (nSPS) is 47.8. The lowest BCUT2D eigenvalue weighted by Crippen LogP contribution is -3.14. The van der Waals surface area contributed by atoms with E-state index in [1.54, 1.807) is 4.90 Å². The van der Waals surface area contributed by atoms with E-state index in [0.717, 1.165) is 24.3 Å². The molecule has 0 spiro atoms. The van der Waals surface area contributed by atoms with Gasteiger partial charge < -0.3 is 10.2 Å². The van der Waals surface area contributed by atoms with Crippen molar-refractivity contribution < 1.29 is 9.69 Å². The van der Waals surface area contributed by atoms with Crippen molar-refractivity contribution in [2.24, 2.45) is 23.2 Å². The summed E-state index contributed by atoms with van der Waals surface area (Å²) in [6, 6.07) is 0.674. The van der Waals surface area contributed by atoms with Crippen molar-refractivity contribution in [3.63, 3.8) is 0 Å². The molecule has 1 amide bonds. The van der Waals surface area contributed by atoms with Gasteiger partial charge in [-0.3, -0.25) is 4.79 Å². The molecule has 0 aromatic rings. The minimum Gasteiger partial charge on any atom is -0.350 e. The summed E-state index contributed by atoms with van der Waals surface area (Å²) in [7, 11) is 0. The van der Waals surface area contributed by atoms with Crippen molar-refractivity contribution in [1.29, 1.82) is 0 Å². The van der Waals surface area contributed by atoms with Crippen molar-refractivity contribution in [1.82, 2.24) is 5.32 Å². The Morgan fingerprint density at radius 3 is 2.33 bits per heavy atom. The largest absolute Gasteiger partial charge is 0.350 e. The number of quaternary nitrogens is 1.